The number of nitrogens with zero attached hydrogens (tertiary/aromatic N) is 1. The van der Waals surface area contributed by atoms with E-state index in [1.807, 2.05) is 79.9 Å². The monoisotopic (exact) mass is 474 g/mol. The van der Waals surface area contributed by atoms with Crippen LogP contribution in [0.1, 0.15) is 15.9 Å². The number of methoxy groups -OCH3 is 1. The van der Waals surface area contributed by atoms with Crippen molar-refractivity contribution in [3.63, 3.8) is 0 Å². The molecule has 4 rings (SSSR count). The second-order valence-electron chi connectivity index (χ2n) is 7.43. The van der Waals surface area contributed by atoms with Crippen molar-refractivity contribution in [1.29, 1.82) is 0 Å². The summed E-state index contributed by atoms with van der Waals surface area (Å²) in [7, 11) is 1.58. The molecule has 1 heterocycles. The molecule has 0 atom stereocenters. The Morgan fingerprint density at radius 1 is 0.970 bits per heavy atom. The maximum Gasteiger partial charge on any atom is 0.256 e. The van der Waals surface area contributed by atoms with Gasteiger partial charge in [0.1, 0.15) is 5.75 Å². The number of para-hydroxylation sites is 1. The van der Waals surface area contributed by atoms with Crippen molar-refractivity contribution in [2.75, 3.05) is 18.7 Å². The van der Waals surface area contributed by atoms with Crippen molar-refractivity contribution in [2.45, 2.75) is 11.8 Å². The molecule has 0 spiro atoms. The summed E-state index contributed by atoms with van der Waals surface area (Å²) in [4.78, 5) is 18.9. The molecule has 0 aliphatic heterocycles. The summed E-state index contributed by atoms with van der Waals surface area (Å²) in [5, 5.41) is 3.54. The molecule has 0 unspecified atom stereocenters. The normalized spacial score (nSPS) is 10.7. The van der Waals surface area contributed by atoms with Crippen molar-refractivity contribution in [2.24, 2.45) is 0 Å². The molecule has 6 heteroatoms. The van der Waals surface area contributed by atoms with E-state index < -0.39 is 0 Å². The standard InChI is InChI=1S/C27H23ClN2O2S/c1-17-10-11-18(15-22(17)25-9-4-5-14-29-25)30-27(31)21-13-12-19(33-3)16-23(21)20-7-6-8-24(28)26(20)32-2/h4-16H,1-3H3,(H,30,31). The predicted octanol–water partition coefficient (Wildman–Crippen LogP) is 7.36. The van der Waals surface area contributed by atoms with Gasteiger partial charge < -0.3 is 10.1 Å². The highest BCUT2D eigenvalue weighted by Gasteiger charge is 2.19. The molecule has 4 nitrogen and oxygen atoms in total. The number of rotatable bonds is 6. The Bertz CT molecular complexity index is 1310. The van der Waals surface area contributed by atoms with E-state index in [-0.39, 0.29) is 5.91 Å². The van der Waals surface area contributed by atoms with E-state index in [4.69, 9.17) is 16.3 Å². The van der Waals surface area contributed by atoms with E-state index >= 15 is 0 Å². The van der Waals surface area contributed by atoms with Crippen molar-refractivity contribution in [1.82, 2.24) is 4.98 Å². The molecule has 0 aliphatic rings. The molecule has 0 radical (unpaired) electrons. The van der Waals surface area contributed by atoms with Crippen LogP contribution >= 0.6 is 23.4 Å². The van der Waals surface area contributed by atoms with E-state index in [1.165, 1.54) is 0 Å². The SMILES string of the molecule is COc1c(Cl)cccc1-c1cc(SC)ccc1C(=O)Nc1ccc(C)c(-c2ccccn2)c1. The number of carbonyl (C=O) groups is 1. The summed E-state index contributed by atoms with van der Waals surface area (Å²) in [5.74, 6) is 0.328. The van der Waals surface area contributed by atoms with Gasteiger partial charge in [0.25, 0.3) is 5.91 Å². The van der Waals surface area contributed by atoms with E-state index in [1.54, 1.807) is 31.1 Å². The minimum absolute atomic E-state index is 0.212. The first-order chi connectivity index (χ1) is 16.0. The van der Waals surface area contributed by atoms with Crippen molar-refractivity contribution in [3.05, 3.63) is 95.1 Å². The minimum atomic E-state index is -0.212. The zero-order valence-electron chi connectivity index (χ0n) is 18.6. The third-order valence-electron chi connectivity index (χ3n) is 5.37. The van der Waals surface area contributed by atoms with Crippen LogP contribution in [0, 0.1) is 6.92 Å². The van der Waals surface area contributed by atoms with E-state index in [0.717, 1.165) is 32.8 Å². The third-order valence-corrected chi connectivity index (χ3v) is 6.39. The summed E-state index contributed by atoms with van der Waals surface area (Å²) in [6, 6.07) is 22.9. The Morgan fingerprint density at radius 3 is 2.55 bits per heavy atom. The second-order valence-corrected chi connectivity index (χ2v) is 8.72. The van der Waals surface area contributed by atoms with E-state index in [2.05, 4.69) is 10.3 Å². The van der Waals surface area contributed by atoms with Crippen LogP contribution in [0.5, 0.6) is 5.75 Å². The number of aryl methyl sites for hydroxylation is 1. The van der Waals surface area contributed by atoms with Crippen molar-refractivity contribution >= 4 is 35.0 Å². The molecular formula is C27H23ClN2O2S. The third kappa shape index (κ3) is 4.90. The summed E-state index contributed by atoms with van der Waals surface area (Å²) >= 11 is 7.98. The van der Waals surface area contributed by atoms with Gasteiger partial charge in [-0.15, -0.1) is 11.8 Å². The predicted molar refractivity (Wildman–Crippen MR) is 138 cm³/mol. The molecule has 0 bridgehead atoms. The number of aromatic nitrogens is 1. The highest BCUT2D eigenvalue weighted by atomic mass is 35.5. The first kappa shape index (κ1) is 22.9. The number of pyridine rings is 1. The van der Waals surface area contributed by atoms with E-state index in [0.29, 0.717) is 22.0 Å². The van der Waals surface area contributed by atoms with Gasteiger partial charge in [-0.05, 0) is 72.8 Å². The highest BCUT2D eigenvalue weighted by Crippen LogP contribution is 2.39. The number of carbonyl (C=O) groups excluding carboxylic acids is 1. The molecule has 0 aliphatic carbocycles. The lowest BCUT2D eigenvalue weighted by Crippen LogP contribution is -2.13. The Labute approximate surface area is 203 Å². The number of benzene rings is 3. The summed E-state index contributed by atoms with van der Waals surface area (Å²) in [5.41, 5.74) is 5.68. The van der Waals surface area contributed by atoms with Gasteiger partial charge in [0.05, 0.1) is 17.8 Å². The first-order valence-electron chi connectivity index (χ1n) is 10.4. The number of nitrogens with one attached hydrogen (secondary N) is 1. The number of hydrogen-bond donors (Lipinski definition) is 1. The molecule has 166 valence electrons. The number of anilines is 1. The van der Waals surface area contributed by atoms with Crippen LogP contribution in [-0.4, -0.2) is 24.3 Å². The van der Waals surface area contributed by atoms with Crippen LogP contribution in [0.15, 0.2) is 83.9 Å². The molecular weight excluding hydrogens is 452 g/mol. The van der Waals surface area contributed by atoms with Gasteiger partial charge in [-0.2, -0.15) is 0 Å². The fourth-order valence-corrected chi connectivity index (χ4v) is 4.39. The Hall–Kier alpha value is -3.28. The number of hydrogen-bond acceptors (Lipinski definition) is 4. The average Bonchev–Trinajstić information content (AvgIpc) is 2.85. The van der Waals surface area contributed by atoms with Gasteiger partial charge in [-0.25, -0.2) is 0 Å². The smallest absolute Gasteiger partial charge is 0.256 e. The van der Waals surface area contributed by atoms with Crippen molar-refractivity contribution < 1.29 is 9.53 Å². The van der Waals surface area contributed by atoms with Gasteiger partial charge in [-0.1, -0.05) is 35.9 Å². The van der Waals surface area contributed by atoms with E-state index in [9.17, 15) is 4.79 Å². The number of amides is 1. The molecule has 1 aromatic heterocycles. The number of thioether (sulfide) groups is 1. The maximum absolute atomic E-state index is 13.4. The number of ether oxygens (including phenoxy) is 1. The van der Waals surface area contributed by atoms with Crippen molar-refractivity contribution in [3.8, 4) is 28.1 Å². The summed E-state index contributed by atoms with van der Waals surface area (Å²) in [6.45, 7) is 2.03. The lowest BCUT2D eigenvalue weighted by Gasteiger charge is -2.16. The van der Waals surface area contributed by atoms with Crippen LogP contribution in [0.3, 0.4) is 0 Å². The summed E-state index contributed by atoms with van der Waals surface area (Å²) < 4.78 is 5.56. The fourth-order valence-electron chi connectivity index (χ4n) is 3.70. The van der Waals surface area contributed by atoms with Crippen LogP contribution < -0.4 is 10.1 Å². The summed E-state index contributed by atoms with van der Waals surface area (Å²) in [6.07, 6.45) is 3.76. The topological polar surface area (TPSA) is 51.2 Å². The van der Waals surface area contributed by atoms with Gasteiger partial charge in [0.15, 0.2) is 0 Å². The van der Waals surface area contributed by atoms with Gasteiger partial charge in [0.2, 0.25) is 0 Å². The average molecular weight is 475 g/mol. The molecule has 4 aromatic rings. The first-order valence-corrected chi connectivity index (χ1v) is 12.0. The van der Waals surface area contributed by atoms with Crippen LogP contribution in [0.4, 0.5) is 5.69 Å². The van der Waals surface area contributed by atoms with Gasteiger partial charge >= 0.3 is 0 Å². The molecule has 1 N–H and O–H groups in total. The maximum atomic E-state index is 13.4. The second kappa shape index (κ2) is 10.1. The van der Waals surface area contributed by atoms with Crippen LogP contribution in [-0.2, 0) is 0 Å². The molecule has 33 heavy (non-hydrogen) atoms. The largest absolute Gasteiger partial charge is 0.495 e. The molecule has 0 saturated carbocycles. The van der Waals surface area contributed by atoms with Crippen LogP contribution in [0.2, 0.25) is 5.02 Å². The van der Waals surface area contributed by atoms with Gasteiger partial charge in [-0.3, -0.25) is 9.78 Å². The Morgan fingerprint density at radius 2 is 1.82 bits per heavy atom. The molecule has 3 aromatic carbocycles. The molecule has 1 amide bonds. The van der Waals surface area contributed by atoms with Crippen LogP contribution in [0.25, 0.3) is 22.4 Å². The Balaban J connectivity index is 1.74. The minimum Gasteiger partial charge on any atom is -0.495 e. The van der Waals surface area contributed by atoms with Gasteiger partial charge in [0, 0.05) is 33.5 Å². The Kier molecular flexibility index (Phi) is 7.02. The lowest BCUT2D eigenvalue weighted by molar-refractivity contribution is 0.102. The lowest BCUT2D eigenvalue weighted by atomic mass is 9.98. The zero-order chi connectivity index (χ0) is 23.4. The quantitative estimate of drug-likeness (QED) is 0.296. The molecule has 0 saturated heterocycles. The highest BCUT2D eigenvalue weighted by molar-refractivity contribution is 7.98. The fraction of sp³-hybridized carbons (Fsp3) is 0.111. The number of halogens is 1. The zero-order valence-corrected chi connectivity index (χ0v) is 20.1. The molecule has 0 fully saturated rings.